The number of halogens is 3. The fourth-order valence-electron chi connectivity index (χ4n) is 3.20. The molecule has 1 aromatic heterocycles. The van der Waals surface area contributed by atoms with E-state index in [1.165, 1.54) is 19.3 Å². The SMILES string of the molecule is CC[C@@H](Cc1ccc(-c2cc(C(F)(F)F)cc(S(=O)(=O)N(C)CC3CO3)c2)nc1)C(=O)O. The Morgan fingerprint density at radius 1 is 1.31 bits per heavy atom. The van der Waals surface area contributed by atoms with Crippen LogP contribution in [0.2, 0.25) is 0 Å². The normalized spacial score (nSPS) is 17.4. The summed E-state index contributed by atoms with van der Waals surface area (Å²) in [7, 11) is -2.90. The average Bonchev–Trinajstić information content (AvgIpc) is 3.55. The highest BCUT2D eigenvalue weighted by molar-refractivity contribution is 7.89. The lowest BCUT2D eigenvalue weighted by Crippen LogP contribution is -2.30. The molecule has 1 fully saturated rings. The molecule has 0 spiro atoms. The maximum atomic E-state index is 13.5. The summed E-state index contributed by atoms with van der Waals surface area (Å²) in [6.45, 7) is 2.20. The van der Waals surface area contributed by atoms with Gasteiger partial charge in [-0.1, -0.05) is 13.0 Å². The summed E-state index contributed by atoms with van der Waals surface area (Å²) in [6, 6.07) is 5.65. The molecule has 0 saturated carbocycles. The van der Waals surface area contributed by atoms with Crippen molar-refractivity contribution in [2.24, 2.45) is 5.92 Å². The number of aromatic nitrogens is 1. The molecule has 2 heterocycles. The lowest BCUT2D eigenvalue weighted by Gasteiger charge is -2.18. The third kappa shape index (κ3) is 5.64. The van der Waals surface area contributed by atoms with E-state index < -0.39 is 38.5 Å². The van der Waals surface area contributed by atoms with Crippen LogP contribution in [0.5, 0.6) is 0 Å². The van der Waals surface area contributed by atoms with Crippen molar-refractivity contribution in [3.05, 3.63) is 47.7 Å². The Hall–Kier alpha value is -2.50. The second kappa shape index (κ2) is 9.16. The molecule has 174 valence electrons. The van der Waals surface area contributed by atoms with E-state index in [4.69, 9.17) is 4.74 Å². The van der Waals surface area contributed by atoms with E-state index >= 15 is 0 Å². The minimum atomic E-state index is -4.76. The molecule has 1 aliphatic rings. The van der Waals surface area contributed by atoms with Crippen LogP contribution in [0.4, 0.5) is 13.2 Å². The molecule has 1 aliphatic heterocycles. The van der Waals surface area contributed by atoms with Crippen LogP contribution in [0.25, 0.3) is 11.3 Å². The number of sulfonamides is 1. The summed E-state index contributed by atoms with van der Waals surface area (Å²) in [6.07, 6.45) is -2.96. The molecule has 3 rings (SSSR count). The molecule has 1 unspecified atom stereocenters. The molecule has 0 bridgehead atoms. The number of carbonyl (C=O) groups is 1. The van der Waals surface area contributed by atoms with Crippen molar-refractivity contribution in [2.75, 3.05) is 20.2 Å². The first kappa shape index (κ1) is 24.1. The molecule has 1 N–H and O–H groups in total. The van der Waals surface area contributed by atoms with Crippen LogP contribution in [0, 0.1) is 5.92 Å². The standard InChI is InChI=1S/C21H23F3N2O5S/c1-3-14(20(27)28)6-13-4-5-19(25-10-13)15-7-16(21(22,23)24)9-18(8-15)32(29,30)26(2)11-17-12-31-17/h4-5,7-10,14,17H,3,6,11-12H2,1-2H3,(H,27,28)/t14-,17?/m0/s1. The van der Waals surface area contributed by atoms with Gasteiger partial charge in [-0.15, -0.1) is 0 Å². The molecule has 32 heavy (non-hydrogen) atoms. The third-order valence-corrected chi connectivity index (χ3v) is 7.05. The molecule has 0 radical (unpaired) electrons. The number of alkyl halides is 3. The van der Waals surface area contributed by atoms with Crippen LogP contribution in [-0.4, -0.2) is 55.1 Å². The van der Waals surface area contributed by atoms with Gasteiger partial charge in [0.25, 0.3) is 0 Å². The molecule has 0 amide bonds. The molecular formula is C21H23F3N2O5S. The number of rotatable bonds is 9. The Balaban J connectivity index is 1.97. The molecule has 11 heteroatoms. The number of carboxylic acid groups (broad SMARTS) is 1. The fourth-order valence-corrected chi connectivity index (χ4v) is 4.48. The van der Waals surface area contributed by atoms with Gasteiger partial charge in [0.15, 0.2) is 0 Å². The van der Waals surface area contributed by atoms with Crippen LogP contribution >= 0.6 is 0 Å². The minimum absolute atomic E-state index is 0.00806. The van der Waals surface area contributed by atoms with Gasteiger partial charge in [0.2, 0.25) is 10.0 Å². The quantitative estimate of drug-likeness (QED) is 0.562. The second-order valence-electron chi connectivity index (χ2n) is 7.68. The largest absolute Gasteiger partial charge is 0.481 e. The zero-order valence-corrected chi connectivity index (χ0v) is 18.3. The van der Waals surface area contributed by atoms with Crippen LogP contribution < -0.4 is 0 Å². The number of epoxide rings is 1. The molecule has 2 aromatic rings. The maximum Gasteiger partial charge on any atom is 0.416 e. The molecular weight excluding hydrogens is 449 g/mol. The van der Waals surface area contributed by atoms with E-state index in [-0.39, 0.29) is 30.3 Å². The fraction of sp³-hybridized carbons (Fsp3) is 0.429. The van der Waals surface area contributed by atoms with Crippen LogP contribution in [0.15, 0.2) is 41.4 Å². The van der Waals surface area contributed by atoms with E-state index in [1.54, 1.807) is 13.0 Å². The predicted molar refractivity (Wildman–Crippen MR) is 109 cm³/mol. The number of likely N-dealkylation sites (N-methyl/N-ethyl adjacent to an activating group) is 1. The van der Waals surface area contributed by atoms with Gasteiger partial charge >= 0.3 is 12.1 Å². The van der Waals surface area contributed by atoms with Gasteiger partial charge in [-0.2, -0.15) is 17.5 Å². The van der Waals surface area contributed by atoms with Crippen molar-refractivity contribution in [2.45, 2.75) is 36.9 Å². The van der Waals surface area contributed by atoms with Crippen LogP contribution in [0.3, 0.4) is 0 Å². The third-order valence-electron chi connectivity index (χ3n) is 5.25. The van der Waals surface area contributed by atoms with Gasteiger partial charge in [0, 0.05) is 25.4 Å². The number of hydrogen-bond donors (Lipinski definition) is 1. The Morgan fingerprint density at radius 3 is 2.50 bits per heavy atom. The molecule has 1 saturated heterocycles. The Labute approximate surface area is 183 Å². The molecule has 0 aliphatic carbocycles. The Morgan fingerprint density at radius 2 is 2.00 bits per heavy atom. The molecule has 7 nitrogen and oxygen atoms in total. The first-order valence-corrected chi connectivity index (χ1v) is 11.3. The zero-order chi connectivity index (χ0) is 23.7. The summed E-state index contributed by atoms with van der Waals surface area (Å²) in [4.78, 5) is 14.9. The Kier molecular flexibility index (Phi) is 6.91. The van der Waals surface area contributed by atoms with Gasteiger partial charge in [0.1, 0.15) is 0 Å². The van der Waals surface area contributed by atoms with E-state index in [9.17, 15) is 31.5 Å². The highest BCUT2D eigenvalue weighted by Crippen LogP contribution is 2.35. The average molecular weight is 472 g/mol. The van der Waals surface area contributed by atoms with Gasteiger partial charge < -0.3 is 9.84 Å². The minimum Gasteiger partial charge on any atom is -0.481 e. The van der Waals surface area contributed by atoms with Crippen LogP contribution in [0.1, 0.15) is 24.5 Å². The summed E-state index contributed by atoms with van der Waals surface area (Å²) >= 11 is 0. The van der Waals surface area contributed by atoms with E-state index in [0.717, 1.165) is 16.4 Å². The van der Waals surface area contributed by atoms with Crippen molar-refractivity contribution in [3.8, 4) is 11.3 Å². The lowest BCUT2D eigenvalue weighted by molar-refractivity contribution is -0.141. The smallest absolute Gasteiger partial charge is 0.416 e. The van der Waals surface area contributed by atoms with E-state index in [1.807, 2.05) is 0 Å². The topological polar surface area (TPSA) is 100 Å². The number of carboxylic acids is 1. The maximum absolute atomic E-state index is 13.5. The number of ether oxygens (including phenoxy) is 1. The summed E-state index contributed by atoms with van der Waals surface area (Å²) < 4.78 is 72.2. The predicted octanol–water partition coefficient (Wildman–Crippen LogP) is 3.44. The first-order valence-electron chi connectivity index (χ1n) is 9.90. The van der Waals surface area contributed by atoms with E-state index in [0.29, 0.717) is 24.7 Å². The van der Waals surface area contributed by atoms with Crippen molar-refractivity contribution >= 4 is 16.0 Å². The first-order chi connectivity index (χ1) is 14.9. The number of pyridine rings is 1. The monoisotopic (exact) mass is 472 g/mol. The highest BCUT2D eigenvalue weighted by atomic mass is 32.2. The van der Waals surface area contributed by atoms with Crippen molar-refractivity contribution < 1.29 is 36.2 Å². The molecule has 1 aromatic carbocycles. The lowest BCUT2D eigenvalue weighted by atomic mass is 9.97. The van der Waals surface area contributed by atoms with Crippen LogP contribution in [-0.2, 0) is 32.2 Å². The van der Waals surface area contributed by atoms with E-state index in [2.05, 4.69) is 4.98 Å². The second-order valence-corrected chi connectivity index (χ2v) is 9.73. The number of nitrogens with zero attached hydrogens (tertiary/aromatic N) is 2. The molecule has 2 atom stereocenters. The Bertz CT molecular complexity index is 1080. The highest BCUT2D eigenvalue weighted by Gasteiger charge is 2.35. The number of benzene rings is 1. The zero-order valence-electron chi connectivity index (χ0n) is 17.5. The van der Waals surface area contributed by atoms with Crippen molar-refractivity contribution in [1.82, 2.24) is 9.29 Å². The summed E-state index contributed by atoms with van der Waals surface area (Å²) in [5.74, 6) is -1.54. The number of aliphatic carboxylic acids is 1. The van der Waals surface area contributed by atoms with Crippen molar-refractivity contribution in [1.29, 1.82) is 0 Å². The number of hydrogen-bond acceptors (Lipinski definition) is 5. The summed E-state index contributed by atoms with van der Waals surface area (Å²) in [5, 5.41) is 9.19. The van der Waals surface area contributed by atoms with Gasteiger partial charge in [0.05, 0.1) is 34.8 Å². The van der Waals surface area contributed by atoms with Gasteiger partial charge in [-0.3, -0.25) is 9.78 Å². The van der Waals surface area contributed by atoms with Gasteiger partial charge in [-0.05, 0) is 42.7 Å². The van der Waals surface area contributed by atoms with Crippen molar-refractivity contribution in [3.63, 3.8) is 0 Å². The van der Waals surface area contributed by atoms with Gasteiger partial charge in [-0.25, -0.2) is 8.42 Å². The summed E-state index contributed by atoms with van der Waals surface area (Å²) in [5.41, 5.74) is -0.349.